The summed E-state index contributed by atoms with van der Waals surface area (Å²) < 4.78 is 9.84. The van der Waals surface area contributed by atoms with Gasteiger partial charge >= 0.3 is 11.9 Å². The third kappa shape index (κ3) is 5.80. The molecular weight excluding hydrogens is 404 g/mol. The van der Waals surface area contributed by atoms with Crippen LogP contribution in [0.3, 0.4) is 0 Å². The maximum Gasteiger partial charge on any atom is 0.316 e. The molecule has 0 saturated carbocycles. The van der Waals surface area contributed by atoms with E-state index in [-0.39, 0.29) is 30.0 Å². The van der Waals surface area contributed by atoms with E-state index in [2.05, 4.69) is 0 Å². The highest BCUT2D eigenvalue weighted by Crippen LogP contribution is 2.38. The van der Waals surface area contributed by atoms with Crippen molar-refractivity contribution in [1.82, 2.24) is 0 Å². The number of rotatable bonds is 9. The Bertz CT molecular complexity index is 1010. The Balaban J connectivity index is 2.40. The van der Waals surface area contributed by atoms with Gasteiger partial charge in [0.05, 0.1) is 25.5 Å². The minimum atomic E-state index is -1.59. The normalized spacial score (nSPS) is 12.5. The standard InChI is InChI=1S/C21H24N4O6/c1-30-14-6-7-15(16(26)10-14)21(25,13-4-2-12(3-5-13)20(23)24)11-19(29)31-18(28)9-8-17(22)27/h2-7,10,26H,8-9,11,25H2,1H3,(H2,22,27)(H3,23,24). The molecule has 0 spiro atoms. The number of hydrogen-bond donors (Lipinski definition) is 5. The molecule has 2 rings (SSSR count). The van der Waals surface area contributed by atoms with Gasteiger partial charge in [0.2, 0.25) is 5.91 Å². The fourth-order valence-corrected chi connectivity index (χ4v) is 2.98. The van der Waals surface area contributed by atoms with Crippen LogP contribution in [0.1, 0.15) is 36.0 Å². The monoisotopic (exact) mass is 428 g/mol. The number of phenols is 1. The number of phenolic OH excluding ortho intramolecular Hbond substituents is 1. The molecule has 0 saturated heterocycles. The second-order valence-electron chi connectivity index (χ2n) is 6.83. The quantitative estimate of drug-likeness (QED) is 0.166. The summed E-state index contributed by atoms with van der Waals surface area (Å²) in [4.78, 5) is 35.1. The first-order valence-corrected chi connectivity index (χ1v) is 9.20. The molecule has 31 heavy (non-hydrogen) atoms. The molecule has 2 aromatic carbocycles. The van der Waals surface area contributed by atoms with Gasteiger partial charge in [0.15, 0.2) is 0 Å². The summed E-state index contributed by atoms with van der Waals surface area (Å²) in [6, 6.07) is 10.6. The fourth-order valence-electron chi connectivity index (χ4n) is 2.98. The topological polar surface area (TPSA) is 192 Å². The molecule has 10 heteroatoms. The number of primary amides is 1. The van der Waals surface area contributed by atoms with Crippen molar-refractivity contribution in [2.24, 2.45) is 17.2 Å². The number of benzene rings is 2. The smallest absolute Gasteiger partial charge is 0.316 e. The summed E-state index contributed by atoms with van der Waals surface area (Å²) in [6.07, 6.45) is -1.11. The van der Waals surface area contributed by atoms with Crippen LogP contribution in [0.4, 0.5) is 0 Å². The van der Waals surface area contributed by atoms with E-state index in [1.165, 1.54) is 19.2 Å². The van der Waals surface area contributed by atoms with E-state index >= 15 is 0 Å². The zero-order valence-corrected chi connectivity index (χ0v) is 16.9. The van der Waals surface area contributed by atoms with E-state index in [0.29, 0.717) is 16.9 Å². The average Bonchev–Trinajstić information content (AvgIpc) is 2.71. The van der Waals surface area contributed by atoms with Crippen molar-refractivity contribution in [3.8, 4) is 11.5 Å². The van der Waals surface area contributed by atoms with Gasteiger partial charge in [-0.3, -0.25) is 19.8 Å². The molecular formula is C21H24N4O6. The maximum atomic E-state index is 12.5. The number of aromatic hydroxyl groups is 1. The molecule has 10 nitrogen and oxygen atoms in total. The molecule has 0 heterocycles. The van der Waals surface area contributed by atoms with Crippen LogP contribution in [0.25, 0.3) is 0 Å². The molecule has 1 atom stereocenters. The lowest BCUT2D eigenvalue weighted by molar-refractivity contribution is -0.160. The van der Waals surface area contributed by atoms with Crippen LogP contribution in [0.15, 0.2) is 42.5 Å². The van der Waals surface area contributed by atoms with Gasteiger partial charge in [-0.1, -0.05) is 24.3 Å². The SMILES string of the molecule is COc1ccc(C(N)(CC(=O)OC(=O)CCC(N)=O)c2ccc(C(=N)N)cc2)c(O)c1. The van der Waals surface area contributed by atoms with Crippen molar-refractivity contribution in [2.45, 2.75) is 24.8 Å². The van der Waals surface area contributed by atoms with E-state index in [0.717, 1.165) is 0 Å². The first kappa shape index (κ1) is 23.4. The molecule has 2 aromatic rings. The molecule has 0 fully saturated rings. The number of nitrogens with two attached hydrogens (primary N) is 3. The Morgan fingerprint density at radius 1 is 1.03 bits per heavy atom. The molecule has 8 N–H and O–H groups in total. The number of nitrogen functional groups attached to an aromatic ring is 1. The molecule has 0 aliphatic carbocycles. The van der Waals surface area contributed by atoms with E-state index in [1.807, 2.05) is 0 Å². The third-order valence-electron chi connectivity index (χ3n) is 4.62. The molecule has 164 valence electrons. The molecule has 0 bridgehead atoms. The Morgan fingerprint density at radius 3 is 2.19 bits per heavy atom. The van der Waals surface area contributed by atoms with Crippen LogP contribution >= 0.6 is 0 Å². The van der Waals surface area contributed by atoms with Gasteiger partial charge in [0.25, 0.3) is 0 Å². The van der Waals surface area contributed by atoms with Crippen molar-refractivity contribution in [1.29, 1.82) is 5.41 Å². The van der Waals surface area contributed by atoms with Crippen LogP contribution in [-0.2, 0) is 24.7 Å². The number of ether oxygens (including phenoxy) is 2. The summed E-state index contributed by atoms with van der Waals surface area (Å²) in [5.41, 5.74) is 16.5. The van der Waals surface area contributed by atoms with Gasteiger partial charge in [0.1, 0.15) is 17.3 Å². The minimum Gasteiger partial charge on any atom is -0.507 e. The second-order valence-corrected chi connectivity index (χ2v) is 6.83. The van der Waals surface area contributed by atoms with E-state index in [9.17, 15) is 19.5 Å². The number of hydrogen-bond acceptors (Lipinski definition) is 8. The summed E-state index contributed by atoms with van der Waals surface area (Å²) in [6.45, 7) is 0. The van der Waals surface area contributed by atoms with Crippen LogP contribution in [0.5, 0.6) is 11.5 Å². The van der Waals surface area contributed by atoms with Gasteiger partial charge in [-0.25, -0.2) is 0 Å². The Morgan fingerprint density at radius 2 is 1.68 bits per heavy atom. The predicted octanol–water partition coefficient (Wildman–Crippen LogP) is 0.613. The molecule has 1 amide bonds. The summed E-state index contributed by atoms with van der Waals surface area (Å²) in [7, 11) is 1.43. The summed E-state index contributed by atoms with van der Waals surface area (Å²) >= 11 is 0. The highest BCUT2D eigenvalue weighted by Gasteiger charge is 2.36. The zero-order valence-electron chi connectivity index (χ0n) is 16.9. The number of amidine groups is 1. The van der Waals surface area contributed by atoms with Crippen molar-refractivity contribution in [3.63, 3.8) is 0 Å². The number of carbonyl (C=O) groups is 3. The number of esters is 2. The Labute approximate surface area is 178 Å². The molecule has 0 aliphatic rings. The number of carbonyl (C=O) groups excluding carboxylic acids is 3. The lowest BCUT2D eigenvalue weighted by atomic mass is 9.80. The maximum absolute atomic E-state index is 12.5. The number of methoxy groups -OCH3 is 1. The third-order valence-corrected chi connectivity index (χ3v) is 4.62. The van der Waals surface area contributed by atoms with Gasteiger partial charge in [-0.15, -0.1) is 0 Å². The minimum absolute atomic E-state index is 0.152. The van der Waals surface area contributed by atoms with Crippen LogP contribution in [-0.4, -0.2) is 35.9 Å². The lowest BCUT2D eigenvalue weighted by Gasteiger charge is -2.30. The zero-order chi connectivity index (χ0) is 23.2. The van der Waals surface area contributed by atoms with Gasteiger partial charge in [0, 0.05) is 23.6 Å². The van der Waals surface area contributed by atoms with E-state index in [4.69, 9.17) is 32.1 Å². The van der Waals surface area contributed by atoms with Crippen molar-refractivity contribution in [3.05, 3.63) is 59.2 Å². The molecule has 0 radical (unpaired) electrons. The van der Waals surface area contributed by atoms with Crippen LogP contribution < -0.4 is 21.9 Å². The van der Waals surface area contributed by atoms with Crippen LogP contribution in [0.2, 0.25) is 0 Å². The van der Waals surface area contributed by atoms with Crippen molar-refractivity contribution in [2.75, 3.05) is 7.11 Å². The highest BCUT2D eigenvalue weighted by molar-refractivity contribution is 5.95. The molecule has 1 unspecified atom stereocenters. The highest BCUT2D eigenvalue weighted by atomic mass is 16.6. The first-order valence-electron chi connectivity index (χ1n) is 9.20. The van der Waals surface area contributed by atoms with Crippen molar-refractivity contribution < 1.29 is 29.0 Å². The van der Waals surface area contributed by atoms with Gasteiger partial charge < -0.3 is 31.8 Å². The summed E-state index contributed by atoms with van der Waals surface area (Å²) in [5.74, 6) is -2.59. The molecule has 0 aromatic heterocycles. The summed E-state index contributed by atoms with van der Waals surface area (Å²) in [5, 5.41) is 18.0. The van der Waals surface area contributed by atoms with E-state index < -0.39 is 29.8 Å². The molecule has 0 aliphatic heterocycles. The number of amides is 1. The van der Waals surface area contributed by atoms with E-state index in [1.54, 1.807) is 30.3 Å². The van der Waals surface area contributed by atoms with Gasteiger partial charge in [-0.05, 0) is 17.7 Å². The van der Waals surface area contributed by atoms with Crippen LogP contribution in [0, 0.1) is 5.41 Å². The second kappa shape index (κ2) is 9.72. The number of nitrogens with one attached hydrogen (secondary N) is 1. The fraction of sp³-hybridized carbons (Fsp3) is 0.238. The lowest BCUT2D eigenvalue weighted by Crippen LogP contribution is -2.41. The van der Waals surface area contributed by atoms with Crippen molar-refractivity contribution >= 4 is 23.7 Å². The predicted molar refractivity (Wildman–Crippen MR) is 111 cm³/mol. The Kier molecular flexibility index (Phi) is 7.33. The largest absolute Gasteiger partial charge is 0.507 e. The average molecular weight is 428 g/mol. The Hall–Kier alpha value is -3.92. The first-order chi connectivity index (χ1) is 14.6. The van der Waals surface area contributed by atoms with Gasteiger partial charge in [-0.2, -0.15) is 0 Å².